The number of rotatable bonds is 5. The lowest BCUT2D eigenvalue weighted by Crippen LogP contribution is -2.29. The van der Waals surface area contributed by atoms with E-state index in [0.717, 1.165) is 0 Å². The molecule has 1 atom stereocenters. The average molecular weight is 336 g/mol. The van der Waals surface area contributed by atoms with E-state index in [1.54, 1.807) is 18.3 Å². The molecular weight excluding hydrogens is 320 g/mol. The van der Waals surface area contributed by atoms with E-state index in [1.807, 2.05) is 0 Å². The van der Waals surface area contributed by atoms with E-state index in [2.05, 4.69) is 10.3 Å². The quantitative estimate of drug-likeness (QED) is 0.864. The number of carboxylic acids is 1. The summed E-state index contributed by atoms with van der Waals surface area (Å²) in [5.41, 5.74) is 0.714. The third kappa shape index (κ3) is 3.25. The molecule has 8 nitrogen and oxygen atoms in total. The summed E-state index contributed by atoms with van der Waals surface area (Å²) >= 11 is 0. The van der Waals surface area contributed by atoms with Crippen molar-refractivity contribution in [2.75, 3.05) is 13.1 Å². The van der Waals surface area contributed by atoms with Crippen LogP contribution in [0.2, 0.25) is 0 Å². The number of carboxylic acid groups (broad SMARTS) is 1. The van der Waals surface area contributed by atoms with Gasteiger partial charge in [-0.1, -0.05) is 5.21 Å². The second kappa shape index (κ2) is 6.09. The molecule has 122 valence electrons. The Labute approximate surface area is 133 Å². The van der Waals surface area contributed by atoms with Crippen molar-refractivity contribution < 1.29 is 18.3 Å². The lowest BCUT2D eigenvalue weighted by Gasteiger charge is -2.16. The van der Waals surface area contributed by atoms with Crippen LogP contribution in [0.15, 0.2) is 41.6 Å². The molecule has 1 aromatic heterocycles. The van der Waals surface area contributed by atoms with Gasteiger partial charge in [-0.3, -0.25) is 4.79 Å². The molecule has 0 amide bonds. The Morgan fingerprint density at radius 1 is 1.30 bits per heavy atom. The van der Waals surface area contributed by atoms with Crippen molar-refractivity contribution in [3.63, 3.8) is 0 Å². The second-order valence-corrected chi connectivity index (χ2v) is 7.40. The maximum atomic E-state index is 12.6. The van der Waals surface area contributed by atoms with E-state index in [1.165, 1.54) is 27.3 Å². The first-order chi connectivity index (χ1) is 11.0. The van der Waals surface area contributed by atoms with Crippen molar-refractivity contribution in [1.29, 1.82) is 0 Å². The molecule has 23 heavy (non-hydrogen) atoms. The molecule has 1 aromatic carbocycles. The van der Waals surface area contributed by atoms with Crippen LogP contribution in [0.5, 0.6) is 0 Å². The fourth-order valence-corrected chi connectivity index (χ4v) is 4.23. The average Bonchev–Trinajstić information content (AvgIpc) is 3.18. The molecule has 1 unspecified atom stereocenters. The summed E-state index contributed by atoms with van der Waals surface area (Å²) in [6.07, 6.45) is 3.78. The number of hydrogen-bond acceptors (Lipinski definition) is 5. The Balaban J connectivity index is 1.76. The Bertz CT molecular complexity index is 787. The molecule has 0 saturated carbocycles. The highest BCUT2D eigenvalue weighted by atomic mass is 32.2. The van der Waals surface area contributed by atoms with Gasteiger partial charge in [0.15, 0.2) is 0 Å². The zero-order valence-corrected chi connectivity index (χ0v) is 13.1. The zero-order valence-electron chi connectivity index (χ0n) is 12.2. The van der Waals surface area contributed by atoms with Gasteiger partial charge in [0.2, 0.25) is 10.0 Å². The van der Waals surface area contributed by atoms with Gasteiger partial charge in [0, 0.05) is 19.5 Å². The van der Waals surface area contributed by atoms with E-state index in [9.17, 15) is 13.2 Å². The zero-order chi connectivity index (χ0) is 16.4. The van der Waals surface area contributed by atoms with Gasteiger partial charge < -0.3 is 5.11 Å². The molecule has 1 fully saturated rings. The normalized spacial score (nSPS) is 19.0. The van der Waals surface area contributed by atoms with Crippen molar-refractivity contribution in [2.45, 2.75) is 17.7 Å². The molecule has 1 aliphatic heterocycles. The van der Waals surface area contributed by atoms with E-state index in [0.29, 0.717) is 18.7 Å². The highest BCUT2D eigenvalue weighted by Crippen LogP contribution is 2.26. The van der Waals surface area contributed by atoms with Crippen LogP contribution in [-0.4, -0.2) is 51.9 Å². The first kappa shape index (κ1) is 15.6. The lowest BCUT2D eigenvalue weighted by molar-refractivity contribution is -0.137. The van der Waals surface area contributed by atoms with Gasteiger partial charge in [0.25, 0.3) is 0 Å². The second-order valence-electron chi connectivity index (χ2n) is 5.46. The number of sulfonamides is 1. The minimum atomic E-state index is -3.60. The molecule has 0 spiro atoms. The van der Waals surface area contributed by atoms with E-state index < -0.39 is 16.0 Å². The van der Waals surface area contributed by atoms with Gasteiger partial charge in [0.05, 0.1) is 23.0 Å². The predicted octanol–water partition coefficient (Wildman–Crippen LogP) is 0.753. The largest absolute Gasteiger partial charge is 0.481 e. The van der Waals surface area contributed by atoms with Gasteiger partial charge in [0.1, 0.15) is 0 Å². The number of hydrogen-bond donors (Lipinski definition) is 1. The highest BCUT2D eigenvalue weighted by molar-refractivity contribution is 7.89. The third-order valence-electron chi connectivity index (χ3n) is 3.87. The summed E-state index contributed by atoms with van der Waals surface area (Å²) in [5.74, 6) is -1.02. The fourth-order valence-electron chi connectivity index (χ4n) is 2.69. The first-order valence-corrected chi connectivity index (χ1v) is 8.59. The van der Waals surface area contributed by atoms with Crippen molar-refractivity contribution in [3.8, 4) is 5.69 Å². The van der Waals surface area contributed by atoms with Crippen LogP contribution < -0.4 is 0 Å². The maximum absolute atomic E-state index is 12.6. The van der Waals surface area contributed by atoms with Crippen LogP contribution in [-0.2, 0) is 14.8 Å². The molecular formula is C14H16N4O4S. The van der Waals surface area contributed by atoms with Gasteiger partial charge >= 0.3 is 5.97 Å². The molecule has 2 heterocycles. The number of aromatic nitrogens is 3. The minimum Gasteiger partial charge on any atom is -0.481 e. The van der Waals surface area contributed by atoms with Crippen molar-refractivity contribution >= 4 is 16.0 Å². The van der Waals surface area contributed by atoms with Gasteiger partial charge in [-0.05, 0) is 36.6 Å². The summed E-state index contributed by atoms with van der Waals surface area (Å²) in [6, 6.07) is 6.37. The molecule has 0 bridgehead atoms. The Hall–Kier alpha value is -2.26. The first-order valence-electron chi connectivity index (χ1n) is 7.15. The molecule has 1 N–H and O–H groups in total. The summed E-state index contributed by atoms with van der Waals surface area (Å²) in [6.45, 7) is 0.602. The monoisotopic (exact) mass is 336 g/mol. The Morgan fingerprint density at radius 3 is 2.65 bits per heavy atom. The van der Waals surface area contributed by atoms with E-state index in [4.69, 9.17) is 5.11 Å². The summed E-state index contributed by atoms with van der Waals surface area (Å²) in [4.78, 5) is 10.9. The van der Waals surface area contributed by atoms with Crippen LogP contribution in [0.25, 0.3) is 5.69 Å². The smallest absolute Gasteiger partial charge is 0.303 e. The fraction of sp³-hybridized carbons (Fsp3) is 0.357. The SMILES string of the molecule is O=C(O)CC1CCN(S(=O)(=O)c2ccc(-n3ccnn3)cc2)C1. The maximum Gasteiger partial charge on any atom is 0.303 e. The van der Waals surface area contributed by atoms with Gasteiger partial charge in [-0.2, -0.15) is 4.31 Å². The van der Waals surface area contributed by atoms with Crippen molar-refractivity contribution in [3.05, 3.63) is 36.7 Å². The highest BCUT2D eigenvalue weighted by Gasteiger charge is 2.33. The van der Waals surface area contributed by atoms with Gasteiger partial charge in [-0.25, -0.2) is 13.1 Å². The molecule has 2 aromatic rings. The Kier molecular flexibility index (Phi) is 4.14. The molecule has 1 aliphatic rings. The Morgan fingerprint density at radius 2 is 2.04 bits per heavy atom. The number of carbonyl (C=O) groups is 1. The van der Waals surface area contributed by atoms with Crippen LogP contribution in [0.4, 0.5) is 0 Å². The van der Waals surface area contributed by atoms with Gasteiger partial charge in [-0.15, -0.1) is 5.10 Å². The lowest BCUT2D eigenvalue weighted by atomic mass is 10.1. The molecule has 3 rings (SSSR count). The topological polar surface area (TPSA) is 105 Å². The summed E-state index contributed by atoms with van der Waals surface area (Å²) in [5, 5.41) is 16.4. The minimum absolute atomic E-state index is 0.00272. The van der Waals surface area contributed by atoms with Crippen LogP contribution >= 0.6 is 0 Å². The molecule has 0 aliphatic carbocycles. The number of nitrogens with zero attached hydrogens (tertiary/aromatic N) is 4. The van der Waals surface area contributed by atoms with Crippen molar-refractivity contribution in [2.24, 2.45) is 5.92 Å². The predicted molar refractivity (Wildman–Crippen MR) is 80.5 cm³/mol. The van der Waals surface area contributed by atoms with E-state index >= 15 is 0 Å². The third-order valence-corrected chi connectivity index (χ3v) is 5.75. The van der Waals surface area contributed by atoms with Crippen molar-refractivity contribution in [1.82, 2.24) is 19.3 Å². The number of benzene rings is 1. The van der Waals surface area contributed by atoms with Crippen LogP contribution in [0, 0.1) is 5.92 Å². The summed E-state index contributed by atoms with van der Waals surface area (Å²) < 4.78 is 28.1. The molecule has 0 radical (unpaired) electrons. The standard InChI is InChI=1S/C14H16N4O4S/c19-14(20)9-11-5-7-17(10-11)23(21,22)13-3-1-12(2-4-13)18-8-6-15-16-18/h1-4,6,8,11H,5,7,9-10H2,(H,19,20). The molecule has 1 saturated heterocycles. The molecule has 9 heteroatoms. The summed E-state index contributed by atoms with van der Waals surface area (Å²) in [7, 11) is -3.60. The van der Waals surface area contributed by atoms with Crippen LogP contribution in [0.3, 0.4) is 0 Å². The number of aliphatic carboxylic acids is 1. The van der Waals surface area contributed by atoms with E-state index in [-0.39, 0.29) is 23.8 Å². The van der Waals surface area contributed by atoms with Crippen LogP contribution in [0.1, 0.15) is 12.8 Å².